The third kappa shape index (κ3) is 3.93. The first kappa shape index (κ1) is 16.5. The SMILES string of the molecule is O=C(CSc1nc2cc(Cl)c(Cl)cc2[nH]1)Nc1ccccc1Cl. The highest BCUT2D eigenvalue weighted by Gasteiger charge is 2.10. The Morgan fingerprint density at radius 3 is 2.65 bits per heavy atom. The standard InChI is InChI=1S/C15H10Cl3N3OS/c16-8-3-1-2-4-11(8)19-14(22)7-23-15-20-12-5-9(17)10(18)6-13(12)21-15/h1-6H,7H2,(H,19,22)(H,20,21). The number of thioether (sulfide) groups is 1. The second kappa shape index (κ2) is 7.01. The zero-order valence-corrected chi connectivity index (χ0v) is 14.7. The van der Waals surface area contributed by atoms with E-state index in [0.717, 1.165) is 5.52 Å². The zero-order chi connectivity index (χ0) is 16.4. The molecular formula is C15H10Cl3N3OS. The predicted molar refractivity (Wildman–Crippen MR) is 96.9 cm³/mol. The van der Waals surface area contributed by atoms with E-state index >= 15 is 0 Å². The number of hydrogen-bond acceptors (Lipinski definition) is 3. The highest BCUT2D eigenvalue weighted by molar-refractivity contribution is 7.99. The number of nitrogens with zero attached hydrogens (tertiary/aromatic N) is 1. The molecule has 0 aliphatic heterocycles. The molecule has 0 aliphatic carbocycles. The molecule has 0 aliphatic rings. The molecule has 0 fully saturated rings. The molecule has 4 nitrogen and oxygen atoms in total. The highest BCUT2D eigenvalue weighted by Crippen LogP contribution is 2.28. The van der Waals surface area contributed by atoms with Crippen molar-refractivity contribution in [2.24, 2.45) is 0 Å². The van der Waals surface area contributed by atoms with Crippen molar-refractivity contribution in [2.75, 3.05) is 11.1 Å². The lowest BCUT2D eigenvalue weighted by Crippen LogP contribution is -2.14. The molecule has 2 N–H and O–H groups in total. The number of halogens is 3. The lowest BCUT2D eigenvalue weighted by atomic mass is 10.3. The first-order valence-electron chi connectivity index (χ1n) is 6.55. The fourth-order valence-corrected chi connectivity index (χ4v) is 3.12. The first-order valence-corrected chi connectivity index (χ1v) is 8.67. The summed E-state index contributed by atoms with van der Waals surface area (Å²) in [6.07, 6.45) is 0. The van der Waals surface area contributed by atoms with Gasteiger partial charge in [-0.1, -0.05) is 58.7 Å². The van der Waals surface area contributed by atoms with Crippen molar-refractivity contribution < 1.29 is 4.79 Å². The Labute approximate surface area is 151 Å². The third-order valence-corrected chi connectivity index (χ3v) is 4.92. The van der Waals surface area contributed by atoms with E-state index in [1.807, 2.05) is 0 Å². The van der Waals surface area contributed by atoms with E-state index in [9.17, 15) is 4.79 Å². The molecule has 1 amide bonds. The van der Waals surface area contributed by atoms with Gasteiger partial charge in [0.2, 0.25) is 5.91 Å². The minimum Gasteiger partial charge on any atom is -0.333 e. The van der Waals surface area contributed by atoms with E-state index < -0.39 is 0 Å². The van der Waals surface area contributed by atoms with Crippen molar-refractivity contribution in [3.63, 3.8) is 0 Å². The minimum absolute atomic E-state index is 0.167. The van der Waals surface area contributed by atoms with E-state index in [0.29, 0.717) is 31.4 Å². The number of imidazole rings is 1. The Morgan fingerprint density at radius 2 is 1.87 bits per heavy atom. The van der Waals surface area contributed by atoms with Crippen LogP contribution in [0.1, 0.15) is 0 Å². The van der Waals surface area contributed by atoms with Crippen LogP contribution >= 0.6 is 46.6 Å². The summed E-state index contributed by atoms with van der Waals surface area (Å²) in [7, 11) is 0. The van der Waals surface area contributed by atoms with Gasteiger partial charge in [-0.25, -0.2) is 4.98 Å². The maximum absolute atomic E-state index is 12.0. The molecule has 1 aromatic heterocycles. The van der Waals surface area contributed by atoms with E-state index in [4.69, 9.17) is 34.8 Å². The number of nitrogens with one attached hydrogen (secondary N) is 2. The molecule has 0 atom stereocenters. The number of carbonyl (C=O) groups excluding carboxylic acids is 1. The molecule has 23 heavy (non-hydrogen) atoms. The van der Waals surface area contributed by atoms with E-state index in [1.54, 1.807) is 36.4 Å². The Hall–Kier alpha value is -1.40. The van der Waals surface area contributed by atoms with E-state index in [2.05, 4.69) is 15.3 Å². The normalized spacial score (nSPS) is 10.9. The molecule has 0 saturated carbocycles. The number of carbonyl (C=O) groups is 1. The molecular weight excluding hydrogens is 377 g/mol. The van der Waals surface area contributed by atoms with Crippen molar-refractivity contribution in [1.82, 2.24) is 9.97 Å². The summed E-state index contributed by atoms with van der Waals surface area (Å²) < 4.78 is 0. The van der Waals surface area contributed by atoms with Crippen LogP contribution in [-0.2, 0) is 4.79 Å². The Bertz CT molecular complexity index is 843. The van der Waals surface area contributed by atoms with Gasteiger partial charge in [-0.15, -0.1) is 0 Å². The van der Waals surface area contributed by atoms with E-state index in [1.165, 1.54) is 11.8 Å². The summed E-state index contributed by atoms with van der Waals surface area (Å²) in [6, 6.07) is 10.5. The van der Waals surface area contributed by atoms with Crippen LogP contribution in [0.3, 0.4) is 0 Å². The summed E-state index contributed by atoms with van der Waals surface area (Å²) in [5.74, 6) is 0.0339. The van der Waals surface area contributed by atoms with Gasteiger partial charge < -0.3 is 10.3 Å². The number of amides is 1. The average molecular weight is 387 g/mol. The van der Waals surface area contributed by atoms with Crippen LogP contribution in [-0.4, -0.2) is 21.6 Å². The van der Waals surface area contributed by atoms with Crippen LogP contribution in [0.4, 0.5) is 5.69 Å². The number of rotatable bonds is 4. The molecule has 2 aromatic carbocycles. The largest absolute Gasteiger partial charge is 0.333 e. The van der Waals surface area contributed by atoms with Gasteiger partial charge in [0.05, 0.1) is 37.5 Å². The lowest BCUT2D eigenvalue weighted by Gasteiger charge is -2.05. The maximum Gasteiger partial charge on any atom is 0.234 e. The van der Waals surface area contributed by atoms with Crippen LogP contribution in [0.2, 0.25) is 15.1 Å². The molecule has 3 aromatic rings. The summed E-state index contributed by atoms with van der Waals surface area (Å²) in [6.45, 7) is 0. The van der Waals surface area contributed by atoms with Gasteiger partial charge >= 0.3 is 0 Å². The van der Waals surface area contributed by atoms with Gasteiger partial charge in [-0.05, 0) is 24.3 Å². The van der Waals surface area contributed by atoms with Gasteiger partial charge in [0.15, 0.2) is 5.16 Å². The summed E-state index contributed by atoms with van der Waals surface area (Å²) in [5.41, 5.74) is 2.06. The fraction of sp³-hybridized carbons (Fsp3) is 0.0667. The number of H-pyrrole nitrogens is 1. The molecule has 118 valence electrons. The van der Waals surface area contributed by atoms with Crippen LogP contribution in [0.5, 0.6) is 0 Å². The molecule has 8 heteroatoms. The number of fused-ring (bicyclic) bond motifs is 1. The second-order valence-electron chi connectivity index (χ2n) is 4.64. The second-order valence-corrected chi connectivity index (χ2v) is 6.83. The zero-order valence-electron chi connectivity index (χ0n) is 11.6. The number of benzene rings is 2. The van der Waals surface area contributed by atoms with Gasteiger partial charge in [0.25, 0.3) is 0 Å². The Kier molecular flexibility index (Phi) is 5.02. The molecule has 3 rings (SSSR count). The monoisotopic (exact) mass is 385 g/mol. The average Bonchev–Trinajstić information content (AvgIpc) is 2.90. The van der Waals surface area contributed by atoms with Crippen molar-refractivity contribution in [3.8, 4) is 0 Å². The molecule has 0 bridgehead atoms. The molecule has 0 unspecified atom stereocenters. The molecule has 0 spiro atoms. The van der Waals surface area contributed by atoms with Gasteiger partial charge in [0.1, 0.15) is 0 Å². The van der Waals surface area contributed by atoms with Crippen molar-refractivity contribution in [1.29, 1.82) is 0 Å². The molecule has 1 heterocycles. The number of anilines is 1. The van der Waals surface area contributed by atoms with Gasteiger partial charge in [-0.3, -0.25) is 4.79 Å². The van der Waals surface area contributed by atoms with Gasteiger partial charge in [-0.2, -0.15) is 0 Å². The number of aromatic nitrogens is 2. The van der Waals surface area contributed by atoms with Crippen molar-refractivity contribution in [3.05, 3.63) is 51.5 Å². The fourth-order valence-electron chi connectivity index (χ4n) is 1.93. The summed E-state index contributed by atoms with van der Waals surface area (Å²) >= 11 is 19.2. The summed E-state index contributed by atoms with van der Waals surface area (Å²) in [4.78, 5) is 19.5. The first-order chi connectivity index (χ1) is 11.0. The quantitative estimate of drug-likeness (QED) is 0.602. The maximum atomic E-state index is 12.0. The van der Waals surface area contributed by atoms with Crippen LogP contribution in [0.25, 0.3) is 11.0 Å². The van der Waals surface area contributed by atoms with Crippen LogP contribution < -0.4 is 5.32 Å². The number of hydrogen-bond donors (Lipinski definition) is 2. The smallest absolute Gasteiger partial charge is 0.234 e. The summed E-state index contributed by atoms with van der Waals surface area (Å²) in [5, 5.41) is 4.77. The number of para-hydroxylation sites is 1. The third-order valence-electron chi connectivity index (χ3n) is 2.99. The Balaban J connectivity index is 1.66. The van der Waals surface area contributed by atoms with Crippen molar-refractivity contribution >= 4 is 69.2 Å². The van der Waals surface area contributed by atoms with Crippen LogP contribution in [0.15, 0.2) is 41.6 Å². The minimum atomic E-state index is -0.167. The molecule has 0 saturated heterocycles. The van der Waals surface area contributed by atoms with Gasteiger partial charge in [0, 0.05) is 0 Å². The number of aromatic amines is 1. The molecule has 0 radical (unpaired) electrons. The topological polar surface area (TPSA) is 57.8 Å². The lowest BCUT2D eigenvalue weighted by molar-refractivity contribution is -0.113. The highest BCUT2D eigenvalue weighted by atomic mass is 35.5. The van der Waals surface area contributed by atoms with Crippen LogP contribution in [0, 0.1) is 0 Å². The van der Waals surface area contributed by atoms with Crippen molar-refractivity contribution in [2.45, 2.75) is 5.16 Å². The predicted octanol–water partition coefficient (Wildman–Crippen LogP) is 5.25. The Morgan fingerprint density at radius 1 is 1.13 bits per heavy atom. The van der Waals surface area contributed by atoms with E-state index in [-0.39, 0.29) is 11.7 Å².